The molecule has 0 aliphatic heterocycles. The third-order valence-electron chi connectivity index (χ3n) is 4.90. The van der Waals surface area contributed by atoms with Crippen LogP contribution < -0.4 is 10.6 Å². The Labute approximate surface area is 170 Å². The van der Waals surface area contributed by atoms with E-state index in [0.29, 0.717) is 18.4 Å². The van der Waals surface area contributed by atoms with Crippen molar-refractivity contribution in [2.24, 2.45) is 0 Å². The van der Waals surface area contributed by atoms with Crippen LogP contribution >= 0.6 is 0 Å². The van der Waals surface area contributed by atoms with Crippen LogP contribution in [-0.2, 0) is 11.2 Å². The molecule has 0 fully saturated rings. The van der Waals surface area contributed by atoms with E-state index in [-0.39, 0.29) is 17.8 Å². The summed E-state index contributed by atoms with van der Waals surface area (Å²) in [6.07, 6.45) is 6.40. The number of amides is 1. The summed E-state index contributed by atoms with van der Waals surface area (Å²) in [6, 6.07) is 13.9. The van der Waals surface area contributed by atoms with E-state index in [1.807, 2.05) is 36.4 Å². The number of nitrogens with zero attached hydrogens (tertiary/aromatic N) is 2. The smallest absolute Gasteiger partial charge is 0.241 e. The molecule has 0 saturated carbocycles. The van der Waals surface area contributed by atoms with E-state index < -0.39 is 6.04 Å². The molecule has 0 spiro atoms. The molecule has 150 valence electrons. The van der Waals surface area contributed by atoms with Crippen LogP contribution in [0, 0.1) is 12.7 Å². The Hall–Kier alpha value is -3.12. The zero-order valence-electron chi connectivity index (χ0n) is 16.6. The zero-order valence-corrected chi connectivity index (χ0v) is 16.6. The molecule has 0 aliphatic rings. The molecule has 1 aromatic heterocycles. The summed E-state index contributed by atoms with van der Waals surface area (Å²) in [7, 11) is 1.62. The molecule has 3 rings (SSSR count). The third-order valence-corrected chi connectivity index (χ3v) is 4.90. The Morgan fingerprint density at radius 1 is 1.10 bits per heavy atom. The van der Waals surface area contributed by atoms with Crippen LogP contribution in [-0.4, -0.2) is 22.9 Å². The lowest BCUT2D eigenvalue weighted by Crippen LogP contribution is -2.38. The number of carbonyl (C=O) groups is 1. The first kappa shape index (κ1) is 20.6. The molecule has 2 atom stereocenters. The molecule has 1 amide bonds. The lowest BCUT2D eigenvalue weighted by Gasteiger charge is -2.26. The van der Waals surface area contributed by atoms with Gasteiger partial charge in [0.1, 0.15) is 11.9 Å². The minimum absolute atomic E-state index is 0.125. The van der Waals surface area contributed by atoms with E-state index in [2.05, 4.69) is 20.6 Å². The molecule has 0 saturated heterocycles. The highest BCUT2D eigenvalue weighted by Gasteiger charge is 2.24. The lowest BCUT2D eigenvalue weighted by atomic mass is 9.96. The van der Waals surface area contributed by atoms with Crippen LogP contribution in [0.4, 0.5) is 4.39 Å². The number of hydrogen-bond acceptors (Lipinski definition) is 4. The van der Waals surface area contributed by atoms with Crippen molar-refractivity contribution in [2.75, 3.05) is 7.05 Å². The number of rotatable bonds is 8. The van der Waals surface area contributed by atoms with Crippen molar-refractivity contribution >= 4 is 5.91 Å². The van der Waals surface area contributed by atoms with Gasteiger partial charge < -0.3 is 5.32 Å². The average Bonchev–Trinajstić information content (AvgIpc) is 2.77. The van der Waals surface area contributed by atoms with E-state index in [1.165, 1.54) is 6.07 Å². The number of aromatic nitrogens is 2. The number of hydrogen-bond donors (Lipinski definition) is 2. The SMILES string of the molecule is CNC(=O)C(NC(CCc1cnccn1)c1ccc(F)c(C)c1)c1ccccc1. The molecule has 0 aliphatic carbocycles. The lowest BCUT2D eigenvalue weighted by molar-refractivity contribution is -0.123. The predicted molar refractivity (Wildman–Crippen MR) is 111 cm³/mol. The fourth-order valence-corrected chi connectivity index (χ4v) is 3.30. The number of benzene rings is 2. The second-order valence-electron chi connectivity index (χ2n) is 6.92. The largest absolute Gasteiger partial charge is 0.358 e. The molecule has 2 aromatic carbocycles. The zero-order chi connectivity index (χ0) is 20.6. The number of halogens is 1. The van der Waals surface area contributed by atoms with E-state index >= 15 is 0 Å². The summed E-state index contributed by atoms with van der Waals surface area (Å²) in [4.78, 5) is 21.1. The van der Waals surface area contributed by atoms with Crippen LogP contribution in [0.2, 0.25) is 0 Å². The second-order valence-corrected chi connectivity index (χ2v) is 6.92. The summed E-state index contributed by atoms with van der Waals surface area (Å²) in [5, 5.41) is 6.20. The summed E-state index contributed by atoms with van der Waals surface area (Å²) < 4.78 is 13.8. The normalized spacial score (nSPS) is 12.9. The van der Waals surface area contributed by atoms with Gasteiger partial charge in [0.05, 0.1) is 5.69 Å². The van der Waals surface area contributed by atoms with Crippen molar-refractivity contribution in [1.29, 1.82) is 0 Å². The van der Waals surface area contributed by atoms with Gasteiger partial charge in [-0.2, -0.15) is 0 Å². The van der Waals surface area contributed by atoms with Gasteiger partial charge in [0.2, 0.25) is 5.91 Å². The standard InChI is InChI=1S/C23H25FN4O/c1-16-14-18(8-10-20(16)24)21(11-9-19-15-26-12-13-27-19)28-22(23(29)25-2)17-6-4-3-5-7-17/h3-8,10,12-15,21-22,28H,9,11H2,1-2H3,(H,25,29). The van der Waals surface area contributed by atoms with Gasteiger partial charge in [0, 0.05) is 31.7 Å². The minimum Gasteiger partial charge on any atom is -0.358 e. The number of nitrogens with one attached hydrogen (secondary N) is 2. The molecule has 29 heavy (non-hydrogen) atoms. The monoisotopic (exact) mass is 392 g/mol. The van der Waals surface area contributed by atoms with Crippen LogP contribution in [0.1, 0.15) is 40.9 Å². The second kappa shape index (κ2) is 9.89. The van der Waals surface area contributed by atoms with Crippen molar-refractivity contribution in [3.63, 3.8) is 0 Å². The van der Waals surface area contributed by atoms with Gasteiger partial charge in [0.25, 0.3) is 0 Å². The van der Waals surface area contributed by atoms with E-state index in [1.54, 1.807) is 38.6 Å². The summed E-state index contributed by atoms with van der Waals surface area (Å²) in [6.45, 7) is 1.74. The third kappa shape index (κ3) is 5.45. The molecule has 6 heteroatoms. The molecule has 0 radical (unpaired) electrons. The maximum atomic E-state index is 13.8. The maximum absolute atomic E-state index is 13.8. The van der Waals surface area contributed by atoms with Crippen molar-refractivity contribution < 1.29 is 9.18 Å². The van der Waals surface area contributed by atoms with Gasteiger partial charge in [-0.25, -0.2) is 4.39 Å². The van der Waals surface area contributed by atoms with E-state index in [0.717, 1.165) is 16.8 Å². The summed E-state index contributed by atoms with van der Waals surface area (Å²) in [5.41, 5.74) is 3.24. The maximum Gasteiger partial charge on any atom is 0.241 e. The number of carbonyl (C=O) groups excluding carboxylic acids is 1. The average molecular weight is 392 g/mol. The first-order valence-corrected chi connectivity index (χ1v) is 9.62. The van der Waals surface area contributed by atoms with E-state index in [4.69, 9.17) is 0 Å². The predicted octanol–water partition coefficient (Wildman–Crippen LogP) is 3.67. The van der Waals surface area contributed by atoms with Crippen molar-refractivity contribution in [3.05, 3.63) is 95.3 Å². The van der Waals surface area contributed by atoms with Gasteiger partial charge in [-0.1, -0.05) is 42.5 Å². The topological polar surface area (TPSA) is 66.9 Å². The number of aryl methyl sites for hydroxylation is 2. The van der Waals surface area contributed by atoms with E-state index in [9.17, 15) is 9.18 Å². The molecular formula is C23H25FN4O. The van der Waals surface area contributed by atoms with Gasteiger partial charge >= 0.3 is 0 Å². The highest BCUT2D eigenvalue weighted by Crippen LogP contribution is 2.25. The fraction of sp³-hybridized carbons (Fsp3) is 0.261. The molecule has 2 unspecified atom stereocenters. The summed E-state index contributed by atoms with van der Waals surface area (Å²) in [5.74, 6) is -0.369. The van der Waals surface area contributed by atoms with Crippen molar-refractivity contribution in [3.8, 4) is 0 Å². The molecule has 5 nitrogen and oxygen atoms in total. The first-order chi connectivity index (χ1) is 14.1. The molecule has 2 N–H and O–H groups in total. The van der Waals surface area contributed by atoms with Crippen LogP contribution in [0.5, 0.6) is 0 Å². The molecular weight excluding hydrogens is 367 g/mol. The van der Waals surface area contributed by atoms with Crippen molar-refractivity contribution in [2.45, 2.75) is 31.8 Å². The van der Waals surface area contributed by atoms with Gasteiger partial charge in [-0.05, 0) is 42.5 Å². The van der Waals surface area contributed by atoms with Crippen LogP contribution in [0.25, 0.3) is 0 Å². The Kier molecular flexibility index (Phi) is 7.03. The van der Waals surface area contributed by atoms with Crippen LogP contribution in [0.3, 0.4) is 0 Å². The Morgan fingerprint density at radius 3 is 2.55 bits per heavy atom. The van der Waals surface area contributed by atoms with Crippen LogP contribution in [0.15, 0.2) is 67.1 Å². The summed E-state index contributed by atoms with van der Waals surface area (Å²) >= 11 is 0. The minimum atomic E-state index is -0.529. The fourth-order valence-electron chi connectivity index (χ4n) is 3.30. The quantitative estimate of drug-likeness (QED) is 0.614. The Morgan fingerprint density at radius 2 is 1.90 bits per heavy atom. The highest BCUT2D eigenvalue weighted by molar-refractivity contribution is 5.83. The molecule has 1 heterocycles. The Bertz CT molecular complexity index is 934. The number of likely N-dealkylation sites (N-methyl/N-ethyl adjacent to an activating group) is 1. The highest BCUT2D eigenvalue weighted by atomic mass is 19.1. The Balaban J connectivity index is 1.89. The van der Waals surface area contributed by atoms with Gasteiger partial charge in [-0.15, -0.1) is 0 Å². The molecule has 3 aromatic rings. The van der Waals surface area contributed by atoms with Gasteiger partial charge in [0.15, 0.2) is 0 Å². The first-order valence-electron chi connectivity index (χ1n) is 9.62. The molecule has 0 bridgehead atoms. The van der Waals surface area contributed by atoms with Gasteiger partial charge in [-0.3, -0.25) is 20.1 Å². The van der Waals surface area contributed by atoms with Crippen molar-refractivity contribution in [1.82, 2.24) is 20.6 Å².